The number of hydrogen-bond acceptors (Lipinski definition) is 14. The Morgan fingerprint density at radius 1 is 0.948 bits per heavy atom. The van der Waals surface area contributed by atoms with E-state index in [-0.39, 0.29) is 67.6 Å². The van der Waals surface area contributed by atoms with Gasteiger partial charge in [0.05, 0.1) is 49.4 Å². The smallest absolute Gasteiger partial charge is 0.417 e. The van der Waals surface area contributed by atoms with Gasteiger partial charge in [-0.3, -0.25) is 4.52 Å². The largest absolute Gasteiger partial charge is 0.480 e. The number of nitrogens with zero attached hydrogens (tertiary/aromatic N) is 1. The molecule has 3 aromatic carbocycles. The molecule has 2 aliphatic rings. The van der Waals surface area contributed by atoms with Crippen LogP contribution in [-0.2, 0) is 55.9 Å². The molecule has 16 nitrogen and oxygen atoms in total. The molecule has 2 aliphatic heterocycles. The molecule has 0 saturated carbocycles. The van der Waals surface area contributed by atoms with E-state index in [9.17, 15) is 32.8 Å². The lowest BCUT2D eigenvalue weighted by atomic mass is 10.0. The van der Waals surface area contributed by atoms with Crippen molar-refractivity contribution in [2.45, 2.75) is 82.7 Å². The Bertz CT molecular complexity index is 1930. The van der Waals surface area contributed by atoms with Crippen molar-refractivity contribution in [2.24, 2.45) is 11.8 Å². The Kier molecular flexibility index (Phi) is 16.1. The van der Waals surface area contributed by atoms with Gasteiger partial charge in [-0.15, -0.1) is 0 Å². The number of carbonyl (C=O) groups excluding carboxylic acids is 2. The number of fused-ring (bicyclic) bond motifs is 1. The molecule has 0 spiro atoms. The van der Waals surface area contributed by atoms with E-state index >= 15 is 0 Å². The molecular weight excluding hydrogens is 795 g/mol. The van der Waals surface area contributed by atoms with Crippen LogP contribution in [0.2, 0.25) is 0 Å². The third kappa shape index (κ3) is 12.5. The van der Waals surface area contributed by atoms with E-state index in [4.69, 9.17) is 32.7 Å². The number of aliphatic hydroxyl groups is 2. The quantitative estimate of drug-likeness (QED) is 0.0968. The average Bonchev–Trinajstić information content (AvgIpc) is 3.82. The van der Waals surface area contributed by atoms with Crippen molar-refractivity contribution >= 4 is 29.7 Å². The lowest BCUT2D eigenvalue weighted by Crippen LogP contribution is -2.51. The van der Waals surface area contributed by atoms with Crippen LogP contribution in [0.25, 0.3) is 0 Å². The van der Waals surface area contributed by atoms with E-state index < -0.39 is 66.7 Å². The van der Waals surface area contributed by atoms with Gasteiger partial charge in [0.2, 0.25) is 16.4 Å². The molecule has 2 fully saturated rings. The lowest BCUT2D eigenvalue weighted by Gasteiger charge is -2.31. The number of sulfonamides is 1. The van der Waals surface area contributed by atoms with Gasteiger partial charge in [-0.2, -0.15) is 4.31 Å². The average molecular weight is 849 g/mol. The molecule has 0 aromatic heterocycles. The SMILES string of the molecule is CCOC(=O)[C@H](C)OP(=O)(COc1ccc(C[C@H](NC(=O)O[C@H]2CO[C@H]3OCC[C@H]32)[C@H](O)CN(CC(C)C)S(=O)(=O)c2ccc(CO)cc2)cc1)Oc1ccccc1. The van der Waals surface area contributed by atoms with E-state index in [1.165, 1.54) is 35.5 Å². The maximum atomic E-state index is 13.9. The first-order chi connectivity index (χ1) is 27.7. The Hall–Kier alpha value is -4.06. The van der Waals surface area contributed by atoms with Crippen molar-refractivity contribution in [3.63, 3.8) is 0 Å². The third-order valence-corrected chi connectivity index (χ3v) is 12.8. The van der Waals surface area contributed by atoms with Gasteiger partial charge in [-0.05, 0) is 80.1 Å². The van der Waals surface area contributed by atoms with Gasteiger partial charge >= 0.3 is 19.7 Å². The molecule has 5 rings (SSSR count). The summed E-state index contributed by atoms with van der Waals surface area (Å²) in [6, 6.07) is 19.6. The molecule has 0 bridgehead atoms. The minimum atomic E-state index is -4.11. The van der Waals surface area contributed by atoms with Gasteiger partial charge in [-0.25, -0.2) is 22.6 Å². The molecule has 0 aliphatic carbocycles. The van der Waals surface area contributed by atoms with Crippen LogP contribution in [0.1, 0.15) is 45.2 Å². The van der Waals surface area contributed by atoms with Crippen LogP contribution < -0.4 is 14.6 Å². The zero-order chi connectivity index (χ0) is 41.9. The number of esters is 1. The summed E-state index contributed by atoms with van der Waals surface area (Å²) in [5, 5.41) is 23.9. The fourth-order valence-corrected chi connectivity index (χ4v) is 9.57. The molecule has 7 atom stereocenters. The number of ether oxygens (including phenoxy) is 5. The molecule has 58 heavy (non-hydrogen) atoms. The maximum absolute atomic E-state index is 13.9. The number of alkyl carbamates (subject to hydrolysis) is 1. The van der Waals surface area contributed by atoms with Crippen LogP contribution in [0.3, 0.4) is 0 Å². The van der Waals surface area contributed by atoms with Gasteiger partial charge in [0.15, 0.2) is 12.4 Å². The van der Waals surface area contributed by atoms with E-state index in [0.29, 0.717) is 24.2 Å². The highest BCUT2D eigenvalue weighted by molar-refractivity contribution is 7.89. The van der Waals surface area contributed by atoms with E-state index in [0.717, 1.165) is 0 Å². The fraction of sp³-hybridized carbons (Fsp3) is 0.500. The fourth-order valence-electron chi connectivity index (χ4n) is 6.48. The highest BCUT2D eigenvalue weighted by Crippen LogP contribution is 2.49. The monoisotopic (exact) mass is 848 g/mol. The summed E-state index contributed by atoms with van der Waals surface area (Å²) >= 11 is 0. The Labute approximate surface area is 339 Å². The predicted octanol–water partition coefficient (Wildman–Crippen LogP) is 4.86. The van der Waals surface area contributed by atoms with Crippen molar-refractivity contribution in [2.75, 3.05) is 39.3 Å². The first kappa shape index (κ1) is 45.0. The van der Waals surface area contributed by atoms with Crippen LogP contribution in [0.5, 0.6) is 11.5 Å². The number of benzene rings is 3. The number of para-hydroxylation sites is 1. The number of hydrogen-bond donors (Lipinski definition) is 3. The van der Waals surface area contributed by atoms with Crippen molar-refractivity contribution < 1.29 is 65.5 Å². The first-order valence-electron chi connectivity index (χ1n) is 19.2. The van der Waals surface area contributed by atoms with Gasteiger partial charge < -0.3 is 43.7 Å². The first-order valence-corrected chi connectivity index (χ1v) is 22.3. The molecule has 1 unspecified atom stereocenters. The second kappa shape index (κ2) is 20.8. The number of amides is 1. The molecule has 3 aromatic rings. The highest BCUT2D eigenvalue weighted by Gasteiger charge is 2.44. The third-order valence-electron chi connectivity index (χ3n) is 9.41. The molecule has 2 saturated heterocycles. The van der Waals surface area contributed by atoms with Gasteiger partial charge in [0.25, 0.3) is 0 Å². The summed E-state index contributed by atoms with van der Waals surface area (Å²) < 4.78 is 81.8. The highest BCUT2D eigenvalue weighted by atomic mass is 32.2. The molecular formula is C40H53N2O14PS. The molecule has 0 radical (unpaired) electrons. The molecule has 18 heteroatoms. The maximum Gasteiger partial charge on any atom is 0.417 e. The summed E-state index contributed by atoms with van der Waals surface area (Å²) in [7, 11) is -8.19. The van der Waals surface area contributed by atoms with Crippen LogP contribution in [0.15, 0.2) is 83.8 Å². The lowest BCUT2D eigenvalue weighted by molar-refractivity contribution is -0.150. The van der Waals surface area contributed by atoms with Crippen LogP contribution in [-0.4, -0.2) is 105 Å². The second-order valence-corrected chi connectivity index (χ2v) is 18.3. The number of nitrogens with one attached hydrogen (secondary N) is 1. The van der Waals surface area contributed by atoms with E-state index in [2.05, 4.69) is 5.32 Å². The zero-order valence-electron chi connectivity index (χ0n) is 33.0. The van der Waals surface area contributed by atoms with Gasteiger partial charge in [-0.1, -0.05) is 56.3 Å². The van der Waals surface area contributed by atoms with E-state index in [1.54, 1.807) is 61.5 Å². The number of aliphatic hydroxyl groups excluding tert-OH is 2. The minimum absolute atomic E-state index is 0.00825. The van der Waals surface area contributed by atoms with Crippen LogP contribution >= 0.6 is 7.60 Å². The summed E-state index contributed by atoms with van der Waals surface area (Å²) in [5.41, 5.74) is 1.17. The summed E-state index contributed by atoms with van der Waals surface area (Å²) in [5.74, 6) is -0.439. The molecule has 318 valence electrons. The van der Waals surface area contributed by atoms with Crippen LogP contribution in [0.4, 0.5) is 4.79 Å². The normalized spacial score (nSPS) is 20.4. The van der Waals surface area contributed by atoms with Crippen molar-refractivity contribution in [3.8, 4) is 11.5 Å². The Morgan fingerprint density at radius 3 is 2.29 bits per heavy atom. The zero-order valence-corrected chi connectivity index (χ0v) is 34.7. The molecule has 3 N–H and O–H groups in total. The molecule has 1 amide bonds. The van der Waals surface area contributed by atoms with Gasteiger partial charge in [0.1, 0.15) is 17.6 Å². The molecule has 2 heterocycles. The Morgan fingerprint density at radius 2 is 1.64 bits per heavy atom. The van der Waals surface area contributed by atoms with Crippen molar-refractivity contribution in [3.05, 3.63) is 90.0 Å². The van der Waals surface area contributed by atoms with Crippen molar-refractivity contribution in [1.29, 1.82) is 0 Å². The minimum Gasteiger partial charge on any atom is -0.480 e. The number of rotatable bonds is 21. The number of carbonyl (C=O) groups is 2. The standard InChI is InChI=1S/C40H53N2O14PS/c1-5-50-38(45)28(4)55-57(47,56-32-9-7-6-8-10-32)26-53-31-15-11-29(12-16-31)21-35(41-40(46)54-37-25-52-39-34(37)19-20-51-39)36(44)23-42(22-27(2)3)58(48,49)33-17-13-30(24-43)14-18-33/h6-18,27-28,34-37,39,43-44H,5,19-26H2,1-4H3,(H,41,46)/t28-,34-,35-,36+,37-,39+,57?/m0/s1. The van der Waals surface area contributed by atoms with Gasteiger partial charge in [0, 0.05) is 13.1 Å². The second-order valence-electron chi connectivity index (χ2n) is 14.4. The topological polar surface area (TPSA) is 206 Å². The summed E-state index contributed by atoms with van der Waals surface area (Å²) in [6.45, 7) is 6.95. The van der Waals surface area contributed by atoms with Crippen molar-refractivity contribution in [1.82, 2.24) is 9.62 Å². The summed E-state index contributed by atoms with van der Waals surface area (Å²) in [6.07, 6.45) is -4.29. The predicted molar refractivity (Wildman–Crippen MR) is 210 cm³/mol. The Balaban J connectivity index is 1.32. The van der Waals surface area contributed by atoms with E-state index in [1.807, 2.05) is 13.8 Å². The summed E-state index contributed by atoms with van der Waals surface area (Å²) in [4.78, 5) is 25.6. The van der Waals surface area contributed by atoms with Crippen LogP contribution in [0, 0.1) is 11.8 Å².